The van der Waals surface area contributed by atoms with Gasteiger partial charge >= 0.3 is 6.09 Å². The van der Waals surface area contributed by atoms with Gasteiger partial charge in [0.25, 0.3) is 0 Å². The van der Waals surface area contributed by atoms with Gasteiger partial charge < -0.3 is 4.74 Å². The molecule has 1 amide bonds. The van der Waals surface area contributed by atoms with Crippen LogP contribution >= 0.6 is 15.9 Å². The molecule has 1 aromatic rings. The summed E-state index contributed by atoms with van der Waals surface area (Å²) in [7, 11) is 0. The van der Waals surface area contributed by atoms with E-state index in [1.165, 1.54) is 11.1 Å². The van der Waals surface area contributed by atoms with E-state index in [4.69, 9.17) is 4.74 Å². The zero-order chi connectivity index (χ0) is 10.4. The monoisotopic (exact) mass is 267 g/mol. The normalized spacial score (nSPS) is 23.4. The van der Waals surface area contributed by atoms with Crippen molar-refractivity contribution < 1.29 is 9.53 Å². The minimum absolute atomic E-state index is 0.175. The molecule has 0 aromatic heterocycles. The van der Waals surface area contributed by atoms with E-state index in [1.54, 1.807) is 0 Å². The van der Waals surface area contributed by atoms with Gasteiger partial charge in [0, 0.05) is 11.0 Å². The summed E-state index contributed by atoms with van der Waals surface area (Å²) in [6.07, 6.45) is 0.716. The molecule has 1 aromatic carbocycles. The lowest BCUT2D eigenvalue weighted by Crippen LogP contribution is -2.38. The Balaban J connectivity index is 2.03. The average molecular weight is 268 g/mol. The van der Waals surface area contributed by atoms with Crippen molar-refractivity contribution in [2.24, 2.45) is 0 Å². The fourth-order valence-electron chi connectivity index (χ4n) is 2.25. The molecule has 1 fully saturated rings. The van der Waals surface area contributed by atoms with Crippen molar-refractivity contribution >= 4 is 22.0 Å². The molecule has 15 heavy (non-hydrogen) atoms. The number of hydrogen-bond acceptors (Lipinski definition) is 2. The number of halogens is 1. The molecule has 2 heterocycles. The van der Waals surface area contributed by atoms with E-state index < -0.39 is 0 Å². The Hall–Kier alpha value is -1.03. The third kappa shape index (κ3) is 1.35. The van der Waals surface area contributed by atoms with Crippen molar-refractivity contribution in [3.8, 4) is 0 Å². The van der Waals surface area contributed by atoms with Crippen molar-refractivity contribution in [2.45, 2.75) is 19.0 Å². The molecule has 78 valence electrons. The molecule has 0 aliphatic carbocycles. The van der Waals surface area contributed by atoms with Crippen molar-refractivity contribution in [3.05, 3.63) is 33.8 Å². The molecule has 3 nitrogen and oxygen atoms in total. The van der Waals surface area contributed by atoms with Crippen molar-refractivity contribution in [3.63, 3.8) is 0 Å². The summed E-state index contributed by atoms with van der Waals surface area (Å²) in [6.45, 7) is 1.21. The molecule has 0 bridgehead atoms. The first-order valence-electron chi connectivity index (χ1n) is 4.95. The number of hydrogen-bond donors (Lipinski definition) is 0. The lowest BCUT2D eigenvalue weighted by molar-refractivity contribution is 0.155. The van der Waals surface area contributed by atoms with Crippen molar-refractivity contribution in [1.29, 1.82) is 0 Å². The standard InChI is InChI=1S/C11H10BrNO2/c12-10-3-1-2-7-5-13-8(4-9(7)10)6-15-11(13)14/h1-3,8H,4-6H2/t8-/m1/s1. The first-order chi connectivity index (χ1) is 7.25. The largest absolute Gasteiger partial charge is 0.447 e. The van der Waals surface area contributed by atoms with E-state index in [1.807, 2.05) is 17.0 Å². The highest BCUT2D eigenvalue weighted by atomic mass is 79.9. The summed E-state index contributed by atoms with van der Waals surface area (Å²) in [5.41, 5.74) is 2.54. The minimum Gasteiger partial charge on any atom is -0.447 e. The van der Waals surface area contributed by atoms with Gasteiger partial charge in [-0.3, -0.25) is 4.90 Å². The van der Waals surface area contributed by atoms with Gasteiger partial charge in [0.1, 0.15) is 6.61 Å². The smallest absolute Gasteiger partial charge is 0.410 e. The van der Waals surface area contributed by atoms with Crippen LogP contribution in [-0.4, -0.2) is 23.6 Å². The Bertz CT molecular complexity index is 433. The predicted octanol–water partition coefficient (Wildman–Crippen LogP) is 2.33. The molecule has 0 spiro atoms. The molecule has 0 unspecified atom stereocenters. The van der Waals surface area contributed by atoms with Gasteiger partial charge in [-0.1, -0.05) is 28.1 Å². The fraction of sp³-hybridized carbons (Fsp3) is 0.364. The number of carbonyl (C=O) groups excluding carboxylic acids is 1. The summed E-state index contributed by atoms with van der Waals surface area (Å²) in [5.74, 6) is 0. The molecule has 1 atom stereocenters. The topological polar surface area (TPSA) is 29.5 Å². The molecule has 0 saturated carbocycles. The Labute approximate surface area is 96.1 Å². The van der Waals surface area contributed by atoms with Crippen LogP contribution < -0.4 is 0 Å². The van der Waals surface area contributed by atoms with Crippen LogP contribution in [0.15, 0.2) is 22.7 Å². The fourth-order valence-corrected chi connectivity index (χ4v) is 2.82. The average Bonchev–Trinajstić information content (AvgIpc) is 2.59. The van der Waals surface area contributed by atoms with Crippen LogP contribution in [-0.2, 0) is 17.7 Å². The van der Waals surface area contributed by atoms with Crippen LogP contribution in [0.25, 0.3) is 0 Å². The summed E-state index contributed by atoms with van der Waals surface area (Å²) < 4.78 is 6.18. The Morgan fingerprint density at radius 2 is 2.33 bits per heavy atom. The van der Waals surface area contributed by atoms with Crippen molar-refractivity contribution in [1.82, 2.24) is 4.90 Å². The minimum atomic E-state index is -0.175. The number of rotatable bonds is 0. The number of amides is 1. The summed E-state index contributed by atoms with van der Waals surface area (Å²) in [5, 5.41) is 0. The van der Waals surface area contributed by atoms with Crippen LogP contribution in [0.1, 0.15) is 11.1 Å². The maximum Gasteiger partial charge on any atom is 0.410 e. The number of nitrogens with zero attached hydrogens (tertiary/aromatic N) is 1. The Kier molecular flexibility index (Phi) is 1.99. The lowest BCUT2D eigenvalue weighted by atomic mass is 9.95. The van der Waals surface area contributed by atoms with Crippen LogP contribution in [0, 0.1) is 0 Å². The van der Waals surface area contributed by atoms with Crippen LogP contribution in [0.4, 0.5) is 4.79 Å². The highest BCUT2D eigenvalue weighted by Crippen LogP contribution is 2.31. The first-order valence-corrected chi connectivity index (χ1v) is 5.74. The Morgan fingerprint density at radius 3 is 3.20 bits per heavy atom. The maximum atomic E-state index is 11.4. The highest BCUT2D eigenvalue weighted by molar-refractivity contribution is 9.10. The zero-order valence-corrected chi connectivity index (χ0v) is 9.66. The van der Waals surface area contributed by atoms with E-state index in [9.17, 15) is 4.79 Å². The summed E-state index contributed by atoms with van der Waals surface area (Å²) in [4.78, 5) is 13.2. The molecule has 0 N–H and O–H groups in total. The molecule has 2 aliphatic heterocycles. The van der Waals surface area contributed by atoms with Gasteiger partial charge in [-0.15, -0.1) is 0 Å². The maximum absolute atomic E-state index is 11.4. The van der Waals surface area contributed by atoms with E-state index in [0.717, 1.165) is 10.9 Å². The van der Waals surface area contributed by atoms with Gasteiger partial charge in [0.2, 0.25) is 0 Å². The van der Waals surface area contributed by atoms with Crippen LogP contribution in [0.2, 0.25) is 0 Å². The van der Waals surface area contributed by atoms with Crippen molar-refractivity contribution in [2.75, 3.05) is 6.61 Å². The molecular formula is C11H10BrNO2. The third-order valence-electron chi connectivity index (χ3n) is 3.07. The first kappa shape index (κ1) is 9.21. The Morgan fingerprint density at radius 1 is 1.47 bits per heavy atom. The number of fused-ring (bicyclic) bond motifs is 2. The van der Waals surface area contributed by atoms with Gasteiger partial charge in [0.05, 0.1) is 6.04 Å². The number of ether oxygens (including phenoxy) is 1. The third-order valence-corrected chi connectivity index (χ3v) is 3.81. The highest BCUT2D eigenvalue weighted by Gasteiger charge is 2.37. The van der Waals surface area contributed by atoms with E-state index in [0.29, 0.717) is 13.2 Å². The number of carbonyl (C=O) groups is 1. The molecule has 1 saturated heterocycles. The van der Waals surface area contributed by atoms with Gasteiger partial charge in [-0.2, -0.15) is 0 Å². The second-order valence-electron chi connectivity index (χ2n) is 3.94. The quantitative estimate of drug-likeness (QED) is 0.722. The summed E-state index contributed by atoms with van der Waals surface area (Å²) in [6, 6.07) is 6.35. The molecular weight excluding hydrogens is 258 g/mol. The van der Waals surface area contributed by atoms with Crippen LogP contribution in [0.5, 0.6) is 0 Å². The van der Waals surface area contributed by atoms with Gasteiger partial charge in [-0.05, 0) is 23.6 Å². The molecule has 2 aliphatic rings. The van der Waals surface area contributed by atoms with Gasteiger partial charge in [0.15, 0.2) is 0 Å². The molecule has 3 rings (SSSR count). The lowest BCUT2D eigenvalue weighted by Gasteiger charge is -2.29. The van der Waals surface area contributed by atoms with E-state index in [2.05, 4.69) is 22.0 Å². The van der Waals surface area contributed by atoms with E-state index in [-0.39, 0.29) is 12.1 Å². The van der Waals surface area contributed by atoms with E-state index >= 15 is 0 Å². The van der Waals surface area contributed by atoms with Gasteiger partial charge in [-0.25, -0.2) is 4.79 Å². The SMILES string of the molecule is O=C1OC[C@H]2Cc3c(Br)cccc3CN12. The molecule has 4 heteroatoms. The predicted molar refractivity (Wildman–Crippen MR) is 58.5 cm³/mol. The summed E-state index contributed by atoms with van der Waals surface area (Å²) >= 11 is 3.55. The number of benzene rings is 1. The molecule has 0 radical (unpaired) electrons. The second-order valence-corrected chi connectivity index (χ2v) is 4.79. The zero-order valence-electron chi connectivity index (χ0n) is 8.07. The second kappa shape index (κ2) is 3.23. The number of cyclic esters (lactones) is 1. The van der Waals surface area contributed by atoms with Crippen LogP contribution in [0.3, 0.4) is 0 Å².